The molecular formula is C20H19BrN2O2. The predicted octanol–water partition coefficient (Wildman–Crippen LogP) is 5.17. The number of fused-ring (bicyclic) bond motifs is 1. The van der Waals surface area contributed by atoms with Crippen molar-refractivity contribution in [2.45, 2.75) is 13.3 Å². The van der Waals surface area contributed by atoms with E-state index in [9.17, 15) is 4.79 Å². The van der Waals surface area contributed by atoms with Gasteiger partial charge in [-0.2, -0.15) is 0 Å². The molecule has 0 fully saturated rings. The summed E-state index contributed by atoms with van der Waals surface area (Å²) in [7, 11) is 0. The lowest BCUT2D eigenvalue weighted by atomic mass is 10.2. The Kier molecular flexibility index (Phi) is 5.68. The number of amides is 1. The molecule has 0 unspecified atom stereocenters. The Balaban J connectivity index is 1.92. The second kappa shape index (κ2) is 8.14. The van der Waals surface area contributed by atoms with Crippen molar-refractivity contribution in [3.05, 3.63) is 76.4 Å². The van der Waals surface area contributed by atoms with Crippen molar-refractivity contribution in [2.75, 3.05) is 6.61 Å². The van der Waals surface area contributed by atoms with Gasteiger partial charge >= 0.3 is 6.03 Å². The van der Waals surface area contributed by atoms with Gasteiger partial charge in [-0.1, -0.05) is 58.4 Å². The van der Waals surface area contributed by atoms with Crippen LogP contribution in [0.25, 0.3) is 17.0 Å². The molecule has 0 saturated heterocycles. The summed E-state index contributed by atoms with van der Waals surface area (Å²) in [6.45, 7) is 2.24. The molecule has 0 aliphatic heterocycles. The molecule has 1 N–H and O–H groups in total. The number of hydroxylamine groups is 1. The third-order valence-electron chi connectivity index (χ3n) is 3.78. The summed E-state index contributed by atoms with van der Waals surface area (Å²) in [6, 6.07) is 17.7. The van der Waals surface area contributed by atoms with Gasteiger partial charge in [-0.3, -0.25) is 9.40 Å². The van der Waals surface area contributed by atoms with Gasteiger partial charge in [0.15, 0.2) is 0 Å². The van der Waals surface area contributed by atoms with E-state index < -0.39 is 0 Å². The highest BCUT2D eigenvalue weighted by Gasteiger charge is 2.14. The van der Waals surface area contributed by atoms with Crippen LogP contribution in [0.3, 0.4) is 0 Å². The van der Waals surface area contributed by atoms with Gasteiger partial charge < -0.3 is 0 Å². The molecule has 3 rings (SSSR count). The van der Waals surface area contributed by atoms with E-state index in [1.54, 1.807) is 4.57 Å². The molecule has 5 heteroatoms. The molecular weight excluding hydrogens is 380 g/mol. The maximum atomic E-state index is 12.5. The lowest BCUT2D eigenvalue weighted by Gasteiger charge is -2.09. The van der Waals surface area contributed by atoms with E-state index >= 15 is 0 Å². The minimum absolute atomic E-state index is 0.290. The number of hydrogen-bond acceptors (Lipinski definition) is 2. The number of benzene rings is 2. The maximum Gasteiger partial charge on any atom is 0.350 e. The fourth-order valence-electron chi connectivity index (χ4n) is 2.69. The van der Waals surface area contributed by atoms with E-state index in [2.05, 4.69) is 33.6 Å². The Bertz CT molecular complexity index is 901. The van der Waals surface area contributed by atoms with Crippen LogP contribution in [-0.2, 0) is 11.3 Å². The van der Waals surface area contributed by atoms with Gasteiger partial charge in [0.25, 0.3) is 0 Å². The van der Waals surface area contributed by atoms with E-state index in [4.69, 9.17) is 4.84 Å². The zero-order chi connectivity index (χ0) is 17.6. The highest BCUT2D eigenvalue weighted by atomic mass is 79.9. The van der Waals surface area contributed by atoms with Crippen molar-refractivity contribution >= 4 is 38.9 Å². The number of hydrogen-bond donors (Lipinski definition) is 1. The second-order valence-corrected chi connectivity index (χ2v) is 6.45. The standard InChI is InChI=1S/C20H19BrN2O2/c1-2-25-22-20(24)23-18(10-6-9-15-7-4-3-5-8-15)14-16-13-17(21)11-12-19(16)23/h3-9,11-14H,2,10H2,1H3,(H,22,24)/b9-6+. The highest BCUT2D eigenvalue weighted by Crippen LogP contribution is 2.24. The molecule has 0 saturated carbocycles. The molecule has 2 aromatic carbocycles. The fraction of sp³-hybridized carbons (Fsp3) is 0.150. The van der Waals surface area contributed by atoms with Crippen molar-refractivity contribution in [3.8, 4) is 0 Å². The molecule has 0 bridgehead atoms. The lowest BCUT2D eigenvalue weighted by Crippen LogP contribution is -2.29. The molecule has 0 aliphatic carbocycles. The summed E-state index contributed by atoms with van der Waals surface area (Å²) in [4.78, 5) is 17.6. The molecule has 25 heavy (non-hydrogen) atoms. The van der Waals surface area contributed by atoms with Crippen LogP contribution < -0.4 is 5.48 Å². The molecule has 4 nitrogen and oxygen atoms in total. The molecule has 0 atom stereocenters. The summed E-state index contributed by atoms with van der Waals surface area (Å²) >= 11 is 3.48. The van der Waals surface area contributed by atoms with Gasteiger partial charge in [0, 0.05) is 22.0 Å². The molecule has 0 aliphatic rings. The van der Waals surface area contributed by atoms with Crippen molar-refractivity contribution in [1.29, 1.82) is 0 Å². The van der Waals surface area contributed by atoms with Gasteiger partial charge in [0.1, 0.15) is 0 Å². The molecule has 1 heterocycles. The van der Waals surface area contributed by atoms with Gasteiger partial charge in [-0.15, -0.1) is 0 Å². The Labute approximate surface area is 155 Å². The number of aromatic nitrogens is 1. The molecule has 0 radical (unpaired) electrons. The molecule has 1 aromatic heterocycles. The van der Waals surface area contributed by atoms with E-state index in [0.717, 1.165) is 26.6 Å². The second-order valence-electron chi connectivity index (χ2n) is 5.53. The first kappa shape index (κ1) is 17.5. The van der Waals surface area contributed by atoms with Crippen molar-refractivity contribution in [1.82, 2.24) is 10.0 Å². The SMILES string of the molecule is CCONC(=O)n1c(C/C=C/c2ccccc2)cc2cc(Br)ccc21. The number of carbonyl (C=O) groups is 1. The third-order valence-corrected chi connectivity index (χ3v) is 4.28. The van der Waals surface area contributed by atoms with Crippen LogP contribution >= 0.6 is 15.9 Å². The van der Waals surface area contributed by atoms with Crippen LogP contribution in [0.2, 0.25) is 0 Å². The first-order chi connectivity index (χ1) is 12.2. The van der Waals surface area contributed by atoms with E-state index in [1.807, 2.05) is 61.5 Å². The highest BCUT2D eigenvalue weighted by molar-refractivity contribution is 9.10. The quantitative estimate of drug-likeness (QED) is 0.602. The average Bonchev–Trinajstić information content (AvgIpc) is 2.98. The largest absolute Gasteiger partial charge is 0.350 e. The normalized spacial score (nSPS) is 11.3. The zero-order valence-electron chi connectivity index (χ0n) is 13.9. The maximum absolute atomic E-state index is 12.5. The Morgan fingerprint density at radius 1 is 1.20 bits per heavy atom. The Morgan fingerprint density at radius 3 is 2.76 bits per heavy atom. The van der Waals surface area contributed by atoms with Crippen molar-refractivity contribution < 1.29 is 9.63 Å². The van der Waals surface area contributed by atoms with Gasteiger partial charge in [-0.05, 0) is 36.8 Å². The lowest BCUT2D eigenvalue weighted by molar-refractivity contribution is 0.0714. The summed E-state index contributed by atoms with van der Waals surface area (Å²) in [5, 5.41) is 1.00. The number of carbonyl (C=O) groups excluding carboxylic acids is 1. The number of rotatable bonds is 5. The molecule has 1 amide bonds. The first-order valence-corrected chi connectivity index (χ1v) is 8.92. The monoisotopic (exact) mass is 398 g/mol. The summed E-state index contributed by atoms with van der Waals surface area (Å²) < 4.78 is 2.64. The predicted molar refractivity (Wildman–Crippen MR) is 104 cm³/mol. The van der Waals surface area contributed by atoms with Crippen molar-refractivity contribution in [3.63, 3.8) is 0 Å². The van der Waals surface area contributed by atoms with E-state index in [-0.39, 0.29) is 6.03 Å². The van der Waals surface area contributed by atoms with Gasteiger partial charge in [0.05, 0.1) is 12.1 Å². The molecule has 0 spiro atoms. The minimum Gasteiger partial charge on any atom is -0.272 e. The minimum atomic E-state index is -0.290. The van der Waals surface area contributed by atoms with Crippen LogP contribution in [0.5, 0.6) is 0 Å². The molecule has 128 valence electrons. The van der Waals surface area contributed by atoms with Crippen molar-refractivity contribution in [2.24, 2.45) is 0 Å². The van der Waals surface area contributed by atoms with Crippen LogP contribution in [0.1, 0.15) is 18.2 Å². The van der Waals surface area contributed by atoms with Crippen LogP contribution in [0.4, 0.5) is 4.79 Å². The number of nitrogens with zero attached hydrogens (tertiary/aromatic N) is 1. The van der Waals surface area contributed by atoms with Crippen LogP contribution in [-0.4, -0.2) is 17.2 Å². The third kappa shape index (κ3) is 4.18. The number of allylic oxidation sites excluding steroid dienone is 1. The Hall–Kier alpha value is -2.37. The fourth-order valence-corrected chi connectivity index (χ4v) is 3.07. The van der Waals surface area contributed by atoms with Gasteiger partial charge in [0.2, 0.25) is 0 Å². The topological polar surface area (TPSA) is 43.3 Å². The smallest absolute Gasteiger partial charge is 0.272 e. The number of nitrogens with one attached hydrogen (secondary N) is 1. The summed E-state index contributed by atoms with van der Waals surface area (Å²) in [5.74, 6) is 0. The van der Waals surface area contributed by atoms with Crippen LogP contribution in [0, 0.1) is 0 Å². The zero-order valence-corrected chi connectivity index (χ0v) is 15.5. The first-order valence-electron chi connectivity index (χ1n) is 8.12. The van der Waals surface area contributed by atoms with E-state index in [0.29, 0.717) is 13.0 Å². The number of halogens is 1. The Morgan fingerprint density at radius 2 is 2.00 bits per heavy atom. The molecule has 3 aromatic rings. The van der Waals surface area contributed by atoms with Crippen LogP contribution in [0.15, 0.2) is 65.1 Å². The van der Waals surface area contributed by atoms with Gasteiger partial charge in [-0.25, -0.2) is 10.3 Å². The summed E-state index contributed by atoms with van der Waals surface area (Å²) in [6.07, 6.45) is 4.75. The summed E-state index contributed by atoms with van der Waals surface area (Å²) in [5.41, 5.74) is 5.36. The van der Waals surface area contributed by atoms with E-state index in [1.165, 1.54) is 0 Å². The average molecular weight is 399 g/mol.